The van der Waals surface area contributed by atoms with Gasteiger partial charge in [0.2, 0.25) is 12.2 Å². The lowest BCUT2D eigenvalue weighted by molar-refractivity contribution is -0.183. The SMILES string of the molecule is C/C=C/[C@H](O)C(C)(C)[C@@H]1C/C=C\[C@H]2N[C@H]2/C=C/C=C(/C2=C/C=C/[C@@H]3[C@H](C)[C@@H]3/C=C\C[C@@H](C(C)(C)[C@@H](O)/C=C/C)OC(=O)c3csc(n3)/C=C\C=C\[C@@H]3N[C@@H]3/C=C\C[C@@H](C(C)(C)[C@@H](O)/C=C/C)OC(=O)c3csc2n3)c2nc(co2)C(O)O[C@H](C(C)(C)[C@@H](O)/C=C/C)C/C=C\[C@H]2[C@@H](C)[C@H]2/C=C/C=C\c2nc(cs2)C(=O)O1. The molecule has 2 saturated heterocycles. The molecule has 1 unspecified atom stereocenters. The highest BCUT2D eigenvalue weighted by Crippen LogP contribution is 2.50. The minimum Gasteiger partial charge on any atom is -0.457 e. The molecule has 0 aromatic carbocycles. The van der Waals surface area contributed by atoms with E-state index in [9.17, 15) is 39.9 Å². The summed E-state index contributed by atoms with van der Waals surface area (Å²) in [5, 5.41) is 72.0. The molecule has 4 fully saturated rings. The van der Waals surface area contributed by atoms with Crippen LogP contribution in [0.2, 0.25) is 0 Å². The maximum atomic E-state index is 14.8. The van der Waals surface area contributed by atoms with Crippen LogP contribution in [0, 0.1) is 57.2 Å². The van der Waals surface area contributed by atoms with Gasteiger partial charge in [0.05, 0.1) is 30.5 Å². The monoisotopic (exact) mass is 1550 g/mol. The van der Waals surface area contributed by atoms with Gasteiger partial charge in [-0.05, 0) is 87.9 Å². The Bertz CT molecular complexity index is 4350. The average Bonchev–Trinajstić information content (AvgIpc) is 1.63. The number of allylic oxidation sites excluding steroid dienone is 18. The van der Waals surface area contributed by atoms with E-state index < -0.39 is 94.7 Å². The number of aliphatic hydroxyl groups excluding tert-OH is 5. The predicted octanol–water partition coefficient (Wildman–Crippen LogP) is 16.2. The molecule has 19 nitrogen and oxygen atoms in total. The number of cyclic esters (lactones) is 3. The third kappa shape index (κ3) is 21.4. The summed E-state index contributed by atoms with van der Waals surface area (Å²) in [6.45, 7) is 26.7. The molecule has 0 amide bonds. The number of aliphatic hydroxyl groups is 5. The van der Waals surface area contributed by atoms with Crippen LogP contribution in [0.4, 0.5) is 0 Å². The number of ether oxygens (including phenoxy) is 4. The molecule has 8 heterocycles. The number of fused-ring (bicyclic) bond motifs is 12. The lowest BCUT2D eigenvalue weighted by atomic mass is 9.79. The van der Waals surface area contributed by atoms with Crippen LogP contribution >= 0.6 is 34.0 Å². The van der Waals surface area contributed by atoms with Crippen LogP contribution < -0.4 is 10.6 Å². The minimum absolute atomic E-state index is 0.00331. The number of oxazole rings is 1. The second-order valence-electron chi connectivity index (χ2n) is 31.6. The van der Waals surface area contributed by atoms with Crippen molar-refractivity contribution in [1.82, 2.24) is 30.6 Å². The van der Waals surface area contributed by atoms with Gasteiger partial charge in [-0.2, -0.15) is 0 Å². The Morgan fingerprint density at radius 1 is 0.455 bits per heavy atom. The normalized spacial score (nSPS) is 33.0. The second kappa shape index (κ2) is 37.6. The maximum Gasteiger partial charge on any atom is 0.358 e. The largest absolute Gasteiger partial charge is 0.457 e. The van der Waals surface area contributed by atoms with E-state index in [1.165, 1.54) is 40.3 Å². The lowest BCUT2D eigenvalue weighted by Gasteiger charge is -2.37. The van der Waals surface area contributed by atoms with Crippen molar-refractivity contribution in [2.75, 3.05) is 0 Å². The first kappa shape index (κ1) is 84.5. The van der Waals surface area contributed by atoms with Crippen molar-refractivity contribution in [2.24, 2.45) is 57.2 Å². The van der Waals surface area contributed by atoms with E-state index in [0.29, 0.717) is 44.9 Å². The molecule has 110 heavy (non-hydrogen) atoms. The summed E-state index contributed by atoms with van der Waals surface area (Å²) in [4.78, 5) is 62.0. The molecule has 2 aliphatic carbocycles. The van der Waals surface area contributed by atoms with Crippen molar-refractivity contribution in [3.63, 3.8) is 0 Å². The zero-order valence-corrected chi connectivity index (χ0v) is 67.9. The highest BCUT2D eigenvalue weighted by atomic mass is 32.1. The molecule has 8 bridgehead atoms. The van der Waals surface area contributed by atoms with Gasteiger partial charge in [-0.3, -0.25) is 0 Å². The Morgan fingerprint density at radius 2 is 0.818 bits per heavy atom. The molecular weight excluding hydrogens is 1450 g/mol. The molecule has 7 N–H and O–H groups in total. The molecule has 0 spiro atoms. The molecule has 2 saturated carbocycles. The van der Waals surface area contributed by atoms with E-state index in [4.69, 9.17) is 33.3 Å². The third-order valence-corrected chi connectivity index (χ3v) is 24.8. The molecule has 22 heteroatoms. The van der Waals surface area contributed by atoms with Gasteiger partial charge >= 0.3 is 17.9 Å². The van der Waals surface area contributed by atoms with Gasteiger partial charge in [0, 0.05) is 92.4 Å². The zero-order valence-electron chi connectivity index (χ0n) is 65.4. The first-order chi connectivity index (χ1) is 52.5. The third-order valence-electron chi connectivity index (χ3n) is 22.3. The number of carbonyl (C=O) groups excluding carboxylic acids is 3. The van der Waals surface area contributed by atoms with Crippen molar-refractivity contribution in [3.05, 3.63) is 236 Å². The van der Waals surface area contributed by atoms with Crippen LogP contribution in [0.1, 0.15) is 187 Å². The molecule has 4 aromatic heterocycles. The number of thiazole rings is 3. The topological polar surface area (TPSA) is 298 Å². The van der Waals surface area contributed by atoms with Gasteiger partial charge in [-0.15, -0.1) is 34.0 Å². The van der Waals surface area contributed by atoms with Crippen molar-refractivity contribution in [2.45, 2.75) is 202 Å². The van der Waals surface area contributed by atoms with Crippen LogP contribution in [-0.4, -0.2) is 136 Å². The van der Waals surface area contributed by atoms with E-state index in [-0.39, 0.29) is 95.3 Å². The Balaban J connectivity index is 1.05. The summed E-state index contributed by atoms with van der Waals surface area (Å²) in [6.07, 6.45) is 51.6. The summed E-state index contributed by atoms with van der Waals surface area (Å²) in [5.41, 5.74) is -2.32. The van der Waals surface area contributed by atoms with E-state index in [1.54, 1.807) is 64.7 Å². The van der Waals surface area contributed by atoms with Gasteiger partial charge in [0.15, 0.2) is 17.1 Å². The second-order valence-corrected chi connectivity index (χ2v) is 34.3. The van der Waals surface area contributed by atoms with Gasteiger partial charge in [0.1, 0.15) is 45.3 Å². The molecule has 588 valence electrons. The molecule has 0 radical (unpaired) electrons. The fourth-order valence-electron chi connectivity index (χ4n) is 13.7. The predicted molar refractivity (Wildman–Crippen MR) is 438 cm³/mol. The lowest BCUT2D eigenvalue weighted by Crippen LogP contribution is -2.42. The van der Waals surface area contributed by atoms with Gasteiger partial charge in [0.25, 0.3) is 0 Å². The number of hydrogen-bond donors (Lipinski definition) is 7. The summed E-state index contributed by atoms with van der Waals surface area (Å²) in [7, 11) is 0. The molecule has 4 aromatic rings. The van der Waals surface area contributed by atoms with Crippen LogP contribution in [0.15, 0.2) is 197 Å². The number of rotatable bonds is 13. The average molecular weight is 1560 g/mol. The molecular formula is C88H110N6O13S3. The fraction of sp³-hybridized carbons (Fsp3) is 0.466. The van der Waals surface area contributed by atoms with E-state index in [1.807, 2.05) is 192 Å². The van der Waals surface area contributed by atoms with Crippen molar-refractivity contribution in [3.8, 4) is 0 Å². The van der Waals surface area contributed by atoms with Crippen LogP contribution in [0.25, 0.3) is 23.3 Å². The van der Waals surface area contributed by atoms with Crippen molar-refractivity contribution in [1.29, 1.82) is 0 Å². The Morgan fingerprint density at radius 3 is 1.28 bits per heavy atom. The highest BCUT2D eigenvalue weighted by Gasteiger charge is 2.46. The number of nitrogens with one attached hydrogen (secondary N) is 2. The summed E-state index contributed by atoms with van der Waals surface area (Å²) < 4.78 is 32.0. The van der Waals surface area contributed by atoms with Gasteiger partial charge < -0.3 is 59.5 Å². The fourth-order valence-corrected chi connectivity index (χ4v) is 15.9. The Hall–Kier alpha value is -7.97. The highest BCUT2D eigenvalue weighted by molar-refractivity contribution is 7.11. The Labute approximate surface area is 660 Å². The number of carbonyl (C=O) groups is 3. The number of nitrogens with zero attached hydrogens (tertiary/aromatic N) is 4. The van der Waals surface area contributed by atoms with Gasteiger partial charge in [-0.25, -0.2) is 34.3 Å². The minimum atomic E-state index is -1.63. The zero-order chi connectivity index (χ0) is 79.2. The summed E-state index contributed by atoms with van der Waals surface area (Å²) in [6, 6.07) is -0.258. The molecule has 4 aliphatic heterocycles. The standard InChI is InChI=1S/C88H110N6O13S3/c1-15-29-69(95)85(7,8)73-43-25-35-57-53(5)55(57)33-19-21-47-77-91-67(50-108-77)83(101)106-75(87(11,12)71(97)31-17-3)45-28-42-64-62(90-64)40-24-37-59(79-93-65(49-103-79)81(99)104-73)60-38-23-34-56-54(6)58(56)36-26-44-74(86(9,10)70(96)30-16-2)105-82(100)66-51-109-78(92-66)48-22-20-39-61-63(89-61)41-27-46-76(88(13,14)72(98)32-18-4)107-84(102)68-52-110-80(60)94-68/h15-42,47-58,61-64,69-76,81,89-90,95-99H,43-46H2,1-14H3/b29-15+,30-16+,31-17+,32-18+,33-19+,34-23+,35-25-,36-26-,39-20+,40-24+,41-27-,42-28-,47-21-,48-22-,59-37-,60-38-/t53-,54-,55+,56+,57-,58-,61-,62-,63+,64+,69-,70-,71-,72-,73-,74-,75-,76-,81?/m0/s1. The van der Waals surface area contributed by atoms with Crippen LogP contribution in [0.5, 0.6) is 0 Å². The van der Waals surface area contributed by atoms with Crippen LogP contribution in [0.3, 0.4) is 0 Å². The Kier molecular flexibility index (Phi) is 28.9. The van der Waals surface area contributed by atoms with Gasteiger partial charge in [-0.1, -0.05) is 233 Å². The molecule has 6 aliphatic rings. The number of esters is 3. The molecule has 19 atom stereocenters. The van der Waals surface area contributed by atoms with E-state index in [2.05, 4.69) is 58.8 Å². The first-order valence-electron chi connectivity index (χ1n) is 38.2. The summed E-state index contributed by atoms with van der Waals surface area (Å²) in [5.74, 6) is -0.618. The van der Waals surface area contributed by atoms with Crippen molar-refractivity contribution >= 4 is 75.2 Å². The molecule has 10 rings (SSSR count). The smallest absolute Gasteiger partial charge is 0.358 e. The van der Waals surface area contributed by atoms with E-state index in [0.717, 1.165) is 0 Å². The quantitative estimate of drug-likeness (QED) is 0.0283. The van der Waals surface area contributed by atoms with E-state index >= 15 is 0 Å². The maximum absolute atomic E-state index is 14.8. The number of hydrogen-bond acceptors (Lipinski definition) is 22. The summed E-state index contributed by atoms with van der Waals surface area (Å²) >= 11 is 3.87. The number of aromatic nitrogens is 4. The van der Waals surface area contributed by atoms with Crippen LogP contribution in [-0.2, 0) is 18.9 Å². The first-order valence-corrected chi connectivity index (χ1v) is 40.8. The van der Waals surface area contributed by atoms with Crippen molar-refractivity contribution < 1.29 is 63.3 Å².